The summed E-state index contributed by atoms with van der Waals surface area (Å²) in [7, 11) is 1.92. The zero-order chi connectivity index (χ0) is 15.1. The Kier molecular flexibility index (Phi) is 6.17. The molecule has 0 aliphatic heterocycles. The molecule has 1 heterocycles. The van der Waals surface area contributed by atoms with Crippen molar-refractivity contribution < 1.29 is 4.79 Å². The van der Waals surface area contributed by atoms with Crippen LogP contribution in [0.4, 0.5) is 0 Å². The first-order valence-corrected chi connectivity index (χ1v) is 8.06. The second-order valence-corrected chi connectivity index (χ2v) is 5.88. The standard InChI is InChI=1S/C15H27N5O/c1-3-9-16-10-13-11-20(18-17-13)12-15(21)19(2)14-7-5-4-6-8-14/h11,14,16H,3-10,12H2,1-2H3. The van der Waals surface area contributed by atoms with Gasteiger partial charge in [-0.25, -0.2) is 4.68 Å². The van der Waals surface area contributed by atoms with E-state index in [0.717, 1.165) is 31.5 Å². The van der Waals surface area contributed by atoms with Crippen LogP contribution < -0.4 is 5.32 Å². The van der Waals surface area contributed by atoms with E-state index in [1.54, 1.807) is 4.68 Å². The van der Waals surface area contributed by atoms with E-state index in [-0.39, 0.29) is 12.5 Å². The van der Waals surface area contributed by atoms with Gasteiger partial charge in [-0.1, -0.05) is 31.4 Å². The van der Waals surface area contributed by atoms with E-state index < -0.39 is 0 Å². The number of carbonyl (C=O) groups is 1. The smallest absolute Gasteiger partial charge is 0.244 e. The largest absolute Gasteiger partial charge is 0.341 e. The van der Waals surface area contributed by atoms with Gasteiger partial charge < -0.3 is 10.2 Å². The van der Waals surface area contributed by atoms with Gasteiger partial charge in [0.05, 0.1) is 11.9 Å². The molecule has 1 aliphatic carbocycles. The van der Waals surface area contributed by atoms with Crippen LogP contribution in [0.15, 0.2) is 6.20 Å². The number of nitrogens with one attached hydrogen (secondary N) is 1. The Morgan fingerprint density at radius 2 is 2.19 bits per heavy atom. The van der Waals surface area contributed by atoms with Crippen molar-refractivity contribution in [1.29, 1.82) is 0 Å². The van der Waals surface area contributed by atoms with Gasteiger partial charge in [-0.15, -0.1) is 5.10 Å². The lowest BCUT2D eigenvalue weighted by Gasteiger charge is -2.31. The zero-order valence-corrected chi connectivity index (χ0v) is 13.2. The third-order valence-corrected chi connectivity index (χ3v) is 4.13. The molecule has 0 atom stereocenters. The van der Waals surface area contributed by atoms with Crippen LogP contribution in [0.2, 0.25) is 0 Å². The van der Waals surface area contributed by atoms with Gasteiger partial charge in [0.1, 0.15) is 6.54 Å². The summed E-state index contributed by atoms with van der Waals surface area (Å²) >= 11 is 0. The molecule has 6 nitrogen and oxygen atoms in total. The summed E-state index contributed by atoms with van der Waals surface area (Å²) < 4.78 is 1.64. The molecule has 118 valence electrons. The minimum Gasteiger partial charge on any atom is -0.341 e. The molecular formula is C15H27N5O. The molecule has 0 radical (unpaired) electrons. The number of aromatic nitrogens is 3. The predicted octanol–water partition coefficient (Wildman–Crippen LogP) is 1.57. The lowest BCUT2D eigenvalue weighted by Crippen LogP contribution is -2.40. The van der Waals surface area contributed by atoms with Crippen molar-refractivity contribution in [3.8, 4) is 0 Å². The van der Waals surface area contributed by atoms with E-state index in [0.29, 0.717) is 12.6 Å². The molecule has 1 aliphatic rings. The summed E-state index contributed by atoms with van der Waals surface area (Å²) in [5.41, 5.74) is 0.886. The number of carbonyl (C=O) groups excluding carboxylic acids is 1. The summed E-state index contributed by atoms with van der Waals surface area (Å²) in [5, 5.41) is 11.4. The Bertz CT molecular complexity index is 439. The number of nitrogens with zero attached hydrogens (tertiary/aromatic N) is 4. The quantitative estimate of drug-likeness (QED) is 0.775. The molecule has 2 rings (SSSR count). The zero-order valence-electron chi connectivity index (χ0n) is 13.2. The molecule has 6 heteroatoms. The summed E-state index contributed by atoms with van der Waals surface area (Å²) in [6.45, 7) is 4.09. The predicted molar refractivity (Wildman–Crippen MR) is 81.7 cm³/mol. The van der Waals surface area contributed by atoms with Crippen LogP contribution in [0.5, 0.6) is 0 Å². The Morgan fingerprint density at radius 3 is 2.90 bits per heavy atom. The average Bonchev–Trinajstić information content (AvgIpc) is 2.95. The second kappa shape index (κ2) is 8.12. The van der Waals surface area contributed by atoms with Gasteiger partial charge in [-0.3, -0.25) is 4.79 Å². The third-order valence-electron chi connectivity index (χ3n) is 4.13. The SMILES string of the molecule is CCCNCc1cn(CC(=O)N(C)C2CCCCC2)nn1. The number of hydrogen-bond donors (Lipinski definition) is 1. The maximum absolute atomic E-state index is 12.3. The Morgan fingerprint density at radius 1 is 1.43 bits per heavy atom. The van der Waals surface area contributed by atoms with E-state index in [2.05, 4.69) is 22.6 Å². The minimum atomic E-state index is 0.125. The van der Waals surface area contributed by atoms with Crippen molar-refractivity contribution in [3.63, 3.8) is 0 Å². The highest BCUT2D eigenvalue weighted by molar-refractivity contribution is 5.75. The van der Waals surface area contributed by atoms with E-state index in [4.69, 9.17) is 0 Å². The summed E-state index contributed by atoms with van der Waals surface area (Å²) in [4.78, 5) is 14.2. The fraction of sp³-hybridized carbons (Fsp3) is 0.800. The van der Waals surface area contributed by atoms with Crippen LogP contribution in [-0.4, -0.2) is 45.4 Å². The number of hydrogen-bond acceptors (Lipinski definition) is 4. The fourth-order valence-corrected chi connectivity index (χ4v) is 2.81. The van der Waals surface area contributed by atoms with Crippen molar-refractivity contribution in [2.24, 2.45) is 0 Å². The highest BCUT2D eigenvalue weighted by Crippen LogP contribution is 2.21. The molecule has 1 fully saturated rings. The lowest BCUT2D eigenvalue weighted by molar-refractivity contribution is -0.133. The molecule has 21 heavy (non-hydrogen) atoms. The first kappa shape index (κ1) is 15.9. The molecule has 1 aromatic rings. The molecule has 0 spiro atoms. The van der Waals surface area contributed by atoms with Crippen molar-refractivity contribution in [3.05, 3.63) is 11.9 Å². The maximum atomic E-state index is 12.3. The Hall–Kier alpha value is -1.43. The van der Waals surface area contributed by atoms with Crippen LogP contribution in [-0.2, 0) is 17.9 Å². The van der Waals surface area contributed by atoms with E-state index in [1.165, 1.54) is 19.3 Å². The van der Waals surface area contributed by atoms with Gasteiger partial charge in [-0.05, 0) is 25.8 Å². The number of amides is 1. The van der Waals surface area contributed by atoms with Crippen LogP contribution in [0.25, 0.3) is 0 Å². The highest BCUT2D eigenvalue weighted by Gasteiger charge is 2.22. The first-order valence-electron chi connectivity index (χ1n) is 8.06. The second-order valence-electron chi connectivity index (χ2n) is 5.88. The molecule has 1 aromatic heterocycles. The third kappa shape index (κ3) is 4.81. The molecule has 0 unspecified atom stereocenters. The van der Waals surface area contributed by atoms with Crippen LogP contribution in [0.1, 0.15) is 51.1 Å². The lowest BCUT2D eigenvalue weighted by atomic mass is 9.94. The van der Waals surface area contributed by atoms with Crippen LogP contribution in [0, 0.1) is 0 Å². The molecular weight excluding hydrogens is 266 g/mol. The monoisotopic (exact) mass is 293 g/mol. The molecule has 1 amide bonds. The van der Waals surface area contributed by atoms with Gasteiger partial charge in [0.25, 0.3) is 0 Å². The van der Waals surface area contributed by atoms with Crippen LogP contribution >= 0.6 is 0 Å². The number of rotatable bonds is 7. The normalized spacial score (nSPS) is 16.1. The molecule has 0 aromatic carbocycles. The molecule has 1 saturated carbocycles. The van der Waals surface area contributed by atoms with E-state index in [9.17, 15) is 4.79 Å². The van der Waals surface area contributed by atoms with Gasteiger partial charge in [-0.2, -0.15) is 0 Å². The molecule has 0 saturated heterocycles. The van der Waals surface area contributed by atoms with E-state index >= 15 is 0 Å². The van der Waals surface area contributed by atoms with Gasteiger partial charge >= 0.3 is 0 Å². The van der Waals surface area contributed by atoms with Gasteiger partial charge in [0.15, 0.2) is 0 Å². The van der Waals surface area contributed by atoms with Gasteiger partial charge in [0.2, 0.25) is 5.91 Å². The highest BCUT2D eigenvalue weighted by atomic mass is 16.2. The first-order chi connectivity index (χ1) is 10.2. The molecule has 1 N–H and O–H groups in total. The maximum Gasteiger partial charge on any atom is 0.244 e. The van der Waals surface area contributed by atoms with E-state index in [1.807, 2.05) is 18.1 Å². The minimum absolute atomic E-state index is 0.125. The van der Waals surface area contributed by atoms with Gasteiger partial charge in [0, 0.05) is 19.6 Å². The number of likely N-dealkylation sites (N-methyl/N-ethyl adjacent to an activating group) is 1. The Labute approximate surface area is 126 Å². The average molecular weight is 293 g/mol. The van der Waals surface area contributed by atoms with Crippen LogP contribution in [0.3, 0.4) is 0 Å². The van der Waals surface area contributed by atoms with Crippen molar-refractivity contribution in [1.82, 2.24) is 25.2 Å². The summed E-state index contributed by atoms with van der Waals surface area (Å²) in [6.07, 6.45) is 8.99. The summed E-state index contributed by atoms with van der Waals surface area (Å²) in [6, 6.07) is 0.403. The summed E-state index contributed by atoms with van der Waals surface area (Å²) in [5.74, 6) is 0.125. The fourth-order valence-electron chi connectivity index (χ4n) is 2.81. The van der Waals surface area contributed by atoms with Crippen molar-refractivity contribution >= 4 is 5.91 Å². The van der Waals surface area contributed by atoms with Crippen molar-refractivity contribution in [2.75, 3.05) is 13.6 Å². The van der Waals surface area contributed by atoms with Crippen molar-refractivity contribution in [2.45, 2.75) is 64.6 Å². The Balaban J connectivity index is 1.81. The topological polar surface area (TPSA) is 63.1 Å². The molecule has 0 bridgehead atoms.